The lowest BCUT2D eigenvalue weighted by atomic mass is 9.80. The van der Waals surface area contributed by atoms with E-state index in [4.69, 9.17) is 19.3 Å². The molecule has 0 saturated heterocycles. The van der Waals surface area contributed by atoms with E-state index in [9.17, 15) is 9.90 Å². The van der Waals surface area contributed by atoms with E-state index < -0.39 is 17.8 Å². The number of aliphatic hydroxyl groups excluding tert-OH is 1. The number of amides is 1. The van der Waals surface area contributed by atoms with Gasteiger partial charge in [0.05, 0.1) is 26.9 Å². The molecule has 3 rings (SSSR count). The zero-order valence-corrected chi connectivity index (χ0v) is 18.0. The van der Waals surface area contributed by atoms with Crippen LogP contribution in [0.25, 0.3) is 0 Å². The topological polar surface area (TPSA) is 97.2 Å². The molecule has 32 heavy (non-hydrogen) atoms. The molecule has 1 amide bonds. The Balaban J connectivity index is 2.11. The van der Waals surface area contributed by atoms with Crippen LogP contribution >= 0.6 is 0 Å². The lowest BCUT2D eigenvalue weighted by molar-refractivity contribution is -0.0368. The molecule has 0 spiro atoms. The van der Waals surface area contributed by atoms with Crippen molar-refractivity contribution in [2.24, 2.45) is 0 Å². The van der Waals surface area contributed by atoms with Gasteiger partial charge in [-0.1, -0.05) is 54.6 Å². The van der Waals surface area contributed by atoms with Crippen LogP contribution in [-0.2, 0) is 10.3 Å². The maximum absolute atomic E-state index is 10.8. The zero-order chi connectivity index (χ0) is 23.0. The molecule has 3 aromatic rings. The first-order valence-electron chi connectivity index (χ1n) is 10.1. The van der Waals surface area contributed by atoms with Crippen molar-refractivity contribution in [3.8, 4) is 11.5 Å². The van der Waals surface area contributed by atoms with Gasteiger partial charge in [-0.15, -0.1) is 0 Å². The fourth-order valence-electron chi connectivity index (χ4n) is 3.56. The van der Waals surface area contributed by atoms with Crippen molar-refractivity contribution in [3.63, 3.8) is 0 Å². The summed E-state index contributed by atoms with van der Waals surface area (Å²) < 4.78 is 17.1. The quantitative estimate of drug-likeness (QED) is 0.419. The van der Waals surface area contributed by atoms with E-state index >= 15 is 0 Å². The molecule has 0 aliphatic carbocycles. The first kappa shape index (κ1) is 23.1. The SMILES string of the molecule is COc1ccc(C(OCC(O)CNC(=O)O)(c2ccccc2)c2ccc(OC)cc2)cc1. The Morgan fingerprint density at radius 3 is 1.75 bits per heavy atom. The maximum atomic E-state index is 10.8. The Kier molecular flexibility index (Phi) is 7.70. The summed E-state index contributed by atoms with van der Waals surface area (Å²) in [5.41, 5.74) is 1.44. The number of nitrogens with one attached hydrogen (secondary N) is 1. The largest absolute Gasteiger partial charge is 0.497 e. The molecule has 7 heteroatoms. The molecule has 3 aromatic carbocycles. The number of ether oxygens (including phenoxy) is 3. The van der Waals surface area contributed by atoms with Crippen LogP contribution in [0, 0.1) is 0 Å². The highest BCUT2D eigenvalue weighted by Gasteiger charge is 2.38. The molecule has 1 unspecified atom stereocenters. The average Bonchev–Trinajstić information content (AvgIpc) is 2.84. The third kappa shape index (κ3) is 5.19. The van der Waals surface area contributed by atoms with Crippen molar-refractivity contribution >= 4 is 6.09 Å². The Labute approximate surface area is 187 Å². The molecule has 168 valence electrons. The minimum Gasteiger partial charge on any atom is -0.497 e. The summed E-state index contributed by atoms with van der Waals surface area (Å²) in [5, 5.41) is 21.4. The highest BCUT2D eigenvalue weighted by Crippen LogP contribution is 2.41. The molecule has 0 aliphatic rings. The number of aliphatic hydroxyl groups is 1. The standard InChI is InChI=1S/C25H27NO6/c1-30-22-12-8-19(9-13-22)25(18-6-4-3-5-7-18,20-10-14-23(31-2)15-11-20)32-17-21(27)16-26-24(28)29/h3-15,21,26-27H,16-17H2,1-2H3,(H,28,29). The molecule has 0 fully saturated rings. The van der Waals surface area contributed by atoms with Crippen LogP contribution in [0.4, 0.5) is 4.79 Å². The lowest BCUT2D eigenvalue weighted by Gasteiger charge is -2.36. The summed E-state index contributed by atoms with van der Waals surface area (Å²) in [4.78, 5) is 10.8. The molecular formula is C25H27NO6. The molecular weight excluding hydrogens is 410 g/mol. The van der Waals surface area contributed by atoms with Gasteiger partial charge in [0.1, 0.15) is 17.1 Å². The minimum absolute atomic E-state index is 0.104. The second-order valence-corrected chi connectivity index (χ2v) is 7.16. The predicted molar refractivity (Wildman–Crippen MR) is 120 cm³/mol. The van der Waals surface area contributed by atoms with E-state index in [0.717, 1.165) is 16.7 Å². The van der Waals surface area contributed by atoms with Crippen molar-refractivity contribution in [1.82, 2.24) is 5.32 Å². The van der Waals surface area contributed by atoms with Gasteiger partial charge in [0.2, 0.25) is 0 Å². The summed E-state index contributed by atoms with van der Waals surface area (Å²) in [5.74, 6) is 1.41. The maximum Gasteiger partial charge on any atom is 0.404 e. The number of carboxylic acid groups (broad SMARTS) is 1. The van der Waals surface area contributed by atoms with E-state index in [1.165, 1.54) is 0 Å². The van der Waals surface area contributed by atoms with Gasteiger partial charge in [0.15, 0.2) is 0 Å². The Hall–Kier alpha value is -3.55. The summed E-state index contributed by atoms with van der Waals surface area (Å²) in [7, 11) is 3.20. The fourth-order valence-corrected chi connectivity index (χ4v) is 3.56. The van der Waals surface area contributed by atoms with E-state index in [1.807, 2.05) is 78.9 Å². The molecule has 1 atom stereocenters. The third-order valence-electron chi connectivity index (χ3n) is 5.15. The van der Waals surface area contributed by atoms with Gasteiger partial charge >= 0.3 is 6.09 Å². The van der Waals surface area contributed by atoms with Gasteiger partial charge in [-0.05, 0) is 41.0 Å². The number of carbonyl (C=O) groups is 1. The van der Waals surface area contributed by atoms with E-state index in [0.29, 0.717) is 11.5 Å². The molecule has 3 N–H and O–H groups in total. The van der Waals surface area contributed by atoms with Crippen LogP contribution in [0.5, 0.6) is 11.5 Å². The first-order chi connectivity index (χ1) is 15.5. The summed E-state index contributed by atoms with van der Waals surface area (Å²) in [6.45, 7) is -0.251. The van der Waals surface area contributed by atoms with E-state index in [1.54, 1.807) is 14.2 Å². The van der Waals surface area contributed by atoms with Gasteiger partial charge in [-0.2, -0.15) is 0 Å². The molecule has 0 aliphatic heterocycles. The van der Waals surface area contributed by atoms with Crippen LogP contribution in [0.2, 0.25) is 0 Å². The normalized spacial score (nSPS) is 12.1. The van der Waals surface area contributed by atoms with Crippen molar-refractivity contribution < 1.29 is 29.2 Å². The smallest absolute Gasteiger partial charge is 0.404 e. The van der Waals surface area contributed by atoms with Crippen LogP contribution in [0.15, 0.2) is 78.9 Å². The molecule has 0 saturated carbocycles. The molecule has 0 bridgehead atoms. The van der Waals surface area contributed by atoms with Crippen LogP contribution < -0.4 is 14.8 Å². The number of benzene rings is 3. The van der Waals surface area contributed by atoms with Gasteiger partial charge < -0.3 is 29.7 Å². The van der Waals surface area contributed by atoms with Crippen LogP contribution in [-0.4, -0.2) is 49.8 Å². The minimum atomic E-state index is -1.20. The number of hydrogen-bond acceptors (Lipinski definition) is 5. The summed E-state index contributed by atoms with van der Waals surface area (Å²) >= 11 is 0. The summed E-state index contributed by atoms with van der Waals surface area (Å²) in [6, 6.07) is 24.7. The summed E-state index contributed by atoms with van der Waals surface area (Å²) in [6.07, 6.45) is -2.24. The number of hydrogen-bond donors (Lipinski definition) is 3. The Bertz CT molecular complexity index is 942. The van der Waals surface area contributed by atoms with E-state index in [-0.39, 0.29) is 13.2 Å². The van der Waals surface area contributed by atoms with Gasteiger partial charge in [0.25, 0.3) is 0 Å². The highest BCUT2D eigenvalue weighted by atomic mass is 16.5. The fraction of sp³-hybridized carbons (Fsp3) is 0.240. The van der Waals surface area contributed by atoms with Crippen molar-refractivity contribution in [1.29, 1.82) is 0 Å². The highest BCUT2D eigenvalue weighted by molar-refractivity contribution is 5.64. The molecule has 0 radical (unpaired) electrons. The van der Waals surface area contributed by atoms with Crippen molar-refractivity contribution in [2.45, 2.75) is 11.7 Å². The van der Waals surface area contributed by atoms with Crippen LogP contribution in [0.3, 0.4) is 0 Å². The first-order valence-corrected chi connectivity index (χ1v) is 10.1. The monoisotopic (exact) mass is 437 g/mol. The average molecular weight is 437 g/mol. The molecule has 0 aromatic heterocycles. The predicted octanol–water partition coefficient (Wildman–Crippen LogP) is 3.64. The van der Waals surface area contributed by atoms with E-state index in [2.05, 4.69) is 5.32 Å². The lowest BCUT2D eigenvalue weighted by Crippen LogP contribution is -2.39. The number of rotatable bonds is 10. The van der Waals surface area contributed by atoms with Crippen molar-refractivity contribution in [2.75, 3.05) is 27.4 Å². The van der Waals surface area contributed by atoms with Gasteiger partial charge in [-0.25, -0.2) is 4.79 Å². The Morgan fingerprint density at radius 2 is 1.31 bits per heavy atom. The van der Waals surface area contributed by atoms with Gasteiger partial charge in [0, 0.05) is 6.54 Å². The van der Waals surface area contributed by atoms with Gasteiger partial charge in [-0.3, -0.25) is 0 Å². The molecule has 7 nitrogen and oxygen atoms in total. The van der Waals surface area contributed by atoms with Crippen molar-refractivity contribution in [3.05, 3.63) is 95.6 Å². The molecule has 0 heterocycles. The zero-order valence-electron chi connectivity index (χ0n) is 18.0. The second-order valence-electron chi connectivity index (χ2n) is 7.16. The third-order valence-corrected chi connectivity index (χ3v) is 5.15. The number of methoxy groups -OCH3 is 2. The Morgan fingerprint density at radius 1 is 0.844 bits per heavy atom. The second kappa shape index (κ2) is 10.7. The van der Waals surface area contributed by atoms with Crippen LogP contribution in [0.1, 0.15) is 16.7 Å².